The first-order valence-corrected chi connectivity index (χ1v) is 17.3. The minimum atomic E-state index is -3.81. The quantitative estimate of drug-likeness (QED) is 0.222. The molecule has 240 valence electrons. The number of amides is 1. The molecule has 1 aliphatic carbocycles. The Balaban J connectivity index is 1.56. The summed E-state index contributed by atoms with van der Waals surface area (Å²) in [5, 5.41) is 22.8. The van der Waals surface area contributed by atoms with Crippen LogP contribution in [0.3, 0.4) is 0 Å². The fraction of sp³-hybridized carbons (Fsp3) is 0.394. The molecule has 1 heterocycles. The fourth-order valence-corrected chi connectivity index (χ4v) is 7.52. The molecule has 0 radical (unpaired) electrons. The number of hydrogen-bond acceptors (Lipinski definition) is 8. The van der Waals surface area contributed by atoms with Gasteiger partial charge in [-0.15, -0.1) is 0 Å². The van der Waals surface area contributed by atoms with Gasteiger partial charge in [0, 0.05) is 46.7 Å². The van der Waals surface area contributed by atoms with Gasteiger partial charge in [0.2, 0.25) is 5.90 Å². The highest BCUT2D eigenvalue weighted by Crippen LogP contribution is 2.46. The number of halogens is 2. The molecule has 0 saturated heterocycles. The van der Waals surface area contributed by atoms with Gasteiger partial charge in [-0.3, -0.25) is 4.79 Å². The molecular formula is C33H36Cl2N2O7S. The number of rotatable bonds is 12. The molecule has 3 N–H and O–H groups in total. The average molecular weight is 676 g/mol. The molecule has 9 nitrogen and oxygen atoms in total. The van der Waals surface area contributed by atoms with Crippen LogP contribution in [0, 0.1) is 0 Å². The standard InChI is InChI=1S/C33H36Cl2N2O7S/c34-23-9-16-28(29(35)21-23)30-33(32(40)36-24-10-12-25(39)13-11-24,17-20-45(41,42)27-5-2-1-3-6-27)37-31(44-30)22-7-14-26(15-8-22)43-19-4-18-38/h1-3,5-9,14-16,21,24-25,30,38-39H,4,10-13,17-20H2,(H,36,40)/t24?,25?,30-,33-/m1/s1. The summed E-state index contributed by atoms with van der Waals surface area (Å²) in [6, 6.07) is 19.6. The van der Waals surface area contributed by atoms with Gasteiger partial charge in [-0.05, 0) is 74.2 Å². The molecule has 0 unspecified atom stereocenters. The summed E-state index contributed by atoms with van der Waals surface area (Å²) < 4.78 is 39.1. The highest BCUT2D eigenvalue weighted by atomic mass is 35.5. The molecule has 12 heteroatoms. The number of carbonyl (C=O) groups is 1. The summed E-state index contributed by atoms with van der Waals surface area (Å²) in [5.74, 6) is -0.130. The van der Waals surface area contributed by atoms with E-state index in [2.05, 4.69) is 5.32 Å². The number of sulfone groups is 1. The molecule has 1 amide bonds. The van der Waals surface area contributed by atoms with E-state index < -0.39 is 33.5 Å². The van der Waals surface area contributed by atoms with Crippen LogP contribution >= 0.6 is 23.2 Å². The Bertz CT molecular complexity index is 1610. The van der Waals surface area contributed by atoms with Crippen molar-refractivity contribution in [1.82, 2.24) is 5.32 Å². The van der Waals surface area contributed by atoms with Crippen LogP contribution in [0.1, 0.15) is 55.8 Å². The number of aliphatic hydroxyl groups is 2. The second-order valence-electron chi connectivity index (χ2n) is 11.3. The molecule has 3 aromatic carbocycles. The molecule has 3 aromatic rings. The van der Waals surface area contributed by atoms with Crippen LogP contribution in [-0.2, 0) is 19.4 Å². The van der Waals surface area contributed by atoms with Crippen LogP contribution < -0.4 is 10.1 Å². The van der Waals surface area contributed by atoms with Gasteiger partial charge in [-0.25, -0.2) is 13.4 Å². The smallest absolute Gasteiger partial charge is 0.252 e. The number of carbonyl (C=O) groups excluding carboxylic acids is 1. The molecule has 0 spiro atoms. The first-order valence-electron chi connectivity index (χ1n) is 14.9. The number of aliphatic hydroxyl groups excluding tert-OH is 2. The monoisotopic (exact) mass is 674 g/mol. The van der Waals surface area contributed by atoms with Crippen molar-refractivity contribution in [3.05, 3.63) is 94.0 Å². The van der Waals surface area contributed by atoms with Crippen molar-refractivity contribution >= 4 is 44.8 Å². The number of nitrogens with one attached hydrogen (secondary N) is 1. The Kier molecular flexibility index (Phi) is 10.7. The van der Waals surface area contributed by atoms with Gasteiger partial charge in [-0.1, -0.05) is 47.5 Å². The Morgan fingerprint density at radius 3 is 2.40 bits per heavy atom. The maximum Gasteiger partial charge on any atom is 0.252 e. The number of benzene rings is 3. The molecule has 5 rings (SSSR count). The van der Waals surface area contributed by atoms with Crippen LogP contribution in [0.4, 0.5) is 0 Å². The third-order valence-electron chi connectivity index (χ3n) is 8.16. The highest BCUT2D eigenvalue weighted by molar-refractivity contribution is 7.91. The van der Waals surface area contributed by atoms with Crippen molar-refractivity contribution in [2.24, 2.45) is 4.99 Å². The third-order valence-corrected chi connectivity index (χ3v) is 10.5. The Hall–Kier alpha value is -3.15. The zero-order valence-electron chi connectivity index (χ0n) is 24.6. The van der Waals surface area contributed by atoms with Gasteiger partial charge in [0.05, 0.1) is 23.4 Å². The maximum absolute atomic E-state index is 14.4. The normalized spacial score (nSPS) is 23.2. The van der Waals surface area contributed by atoms with E-state index in [1.54, 1.807) is 60.7 Å². The predicted octanol–water partition coefficient (Wildman–Crippen LogP) is 5.30. The Labute approximate surface area is 273 Å². The predicted molar refractivity (Wildman–Crippen MR) is 173 cm³/mol. The minimum Gasteiger partial charge on any atom is -0.494 e. The minimum absolute atomic E-state index is 0.0168. The summed E-state index contributed by atoms with van der Waals surface area (Å²) in [4.78, 5) is 19.5. The van der Waals surface area contributed by atoms with E-state index >= 15 is 0 Å². The zero-order valence-corrected chi connectivity index (χ0v) is 26.9. The van der Waals surface area contributed by atoms with Crippen molar-refractivity contribution in [3.63, 3.8) is 0 Å². The van der Waals surface area contributed by atoms with Crippen molar-refractivity contribution < 1.29 is 32.9 Å². The molecule has 2 aliphatic rings. The highest BCUT2D eigenvalue weighted by Gasteiger charge is 2.54. The van der Waals surface area contributed by atoms with E-state index in [9.17, 15) is 18.3 Å². The van der Waals surface area contributed by atoms with E-state index in [4.69, 9.17) is 42.8 Å². The van der Waals surface area contributed by atoms with Crippen LogP contribution in [0.5, 0.6) is 5.75 Å². The van der Waals surface area contributed by atoms with Crippen molar-refractivity contribution in [1.29, 1.82) is 0 Å². The first-order chi connectivity index (χ1) is 21.6. The summed E-state index contributed by atoms with van der Waals surface area (Å²) in [6.45, 7) is 0.366. The van der Waals surface area contributed by atoms with Gasteiger partial charge in [-0.2, -0.15) is 0 Å². The molecular weight excluding hydrogens is 639 g/mol. The second kappa shape index (κ2) is 14.5. The van der Waals surface area contributed by atoms with Crippen LogP contribution in [0.15, 0.2) is 82.7 Å². The molecule has 45 heavy (non-hydrogen) atoms. The van der Waals surface area contributed by atoms with Crippen molar-refractivity contribution in [2.75, 3.05) is 19.0 Å². The second-order valence-corrected chi connectivity index (χ2v) is 14.3. The SMILES string of the molecule is O=C(NC1CCC(O)CC1)[C@]1(CCS(=O)(=O)c2ccccc2)N=C(c2ccc(OCCCO)cc2)O[C@@H]1c1ccc(Cl)cc1Cl. The molecule has 0 aromatic heterocycles. The fourth-order valence-electron chi connectivity index (χ4n) is 5.63. The lowest BCUT2D eigenvalue weighted by Crippen LogP contribution is -2.53. The van der Waals surface area contributed by atoms with Crippen molar-refractivity contribution in [3.8, 4) is 5.75 Å². The van der Waals surface area contributed by atoms with Crippen LogP contribution in [0.2, 0.25) is 10.0 Å². The largest absolute Gasteiger partial charge is 0.494 e. The molecule has 0 bridgehead atoms. The van der Waals surface area contributed by atoms with E-state index in [1.165, 1.54) is 12.1 Å². The van der Waals surface area contributed by atoms with E-state index in [0.29, 0.717) is 60.6 Å². The number of nitrogens with zero attached hydrogens (tertiary/aromatic N) is 1. The van der Waals surface area contributed by atoms with Crippen molar-refractivity contribution in [2.45, 2.75) is 67.2 Å². The average Bonchev–Trinajstić information content (AvgIpc) is 3.43. The van der Waals surface area contributed by atoms with E-state index in [0.717, 1.165) is 0 Å². The number of ether oxygens (including phenoxy) is 2. The summed E-state index contributed by atoms with van der Waals surface area (Å²) in [7, 11) is -3.81. The van der Waals surface area contributed by atoms with Gasteiger partial charge in [0.1, 0.15) is 5.75 Å². The first kappa shape index (κ1) is 33.2. The third kappa shape index (κ3) is 7.81. The Morgan fingerprint density at radius 2 is 1.73 bits per heavy atom. The van der Waals surface area contributed by atoms with Gasteiger partial charge < -0.3 is 25.0 Å². The van der Waals surface area contributed by atoms with Gasteiger partial charge in [0.15, 0.2) is 21.5 Å². The molecule has 1 aliphatic heterocycles. The lowest BCUT2D eigenvalue weighted by Gasteiger charge is -2.34. The number of hydrogen-bond donors (Lipinski definition) is 3. The Morgan fingerprint density at radius 1 is 1.02 bits per heavy atom. The molecule has 1 saturated carbocycles. The number of aliphatic imine (C=N–C) groups is 1. The summed E-state index contributed by atoms with van der Waals surface area (Å²) in [5.41, 5.74) is -0.711. The lowest BCUT2D eigenvalue weighted by molar-refractivity contribution is -0.130. The van der Waals surface area contributed by atoms with Gasteiger partial charge >= 0.3 is 0 Å². The van der Waals surface area contributed by atoms with Crippen LogP contribution in [0.25, 0.3) is 0 Å². The maximum atomic E-state index is 14.4. The molecule has 1 fully saturated rings. The van der Waals surface area contributed by atoms with E-state index in [1.807, 2.05) is 0 Å². The summed E-state index contributed by atoms with van der Waals surface area (Å²) >= 11 is 12.9. The van der Waals surface area contributed by atoms with Gasteiger partial charge in [0.25, 0.3) is 5.91 Å². The zero-order chi connectivity index (χ0) is 32.0. The van der Waals surface area contributed by atoms with E-state index in [-0.39, 0.29) is 40.6 Å². The van der Waals surface area contributed by atoms with Crippen LogP contribution in [-0.4, -0.2) is 67.1 Å². The topological polar surface area (TPSA) is 135 Å². The molecule has 2 atom stereocenters. The lowest BCUT2D eigenvalue weighted by atomic mass is 9.84. The summed E-state index contributed by atoms with van der Waals surface area (Å²) in [6.07, 6.45) is 1.05.